The number of benzene rings is 2. The van der Waals surface area contributed by atoms with E-state index in [0.717, 1.165) is 31.6 Å². The minimum atomic E-state index is -0.240. The maximum atomic E-state index is 13.2. The molecule has 0 atom stereocenters. The molecule has 6 rings (SSSR count). The second kappa shape index (κ2) is 9.72. The van der Waals surface area contributed by atoms with Crippen molar-refractivity contribution in [2.24, 2.45) is 0 Å². The maximum Gasteiger partial charge on any atom is 0.263 e. The fourth-order valence-electron chi connectivity index (χ4n) is 5.21. The summed E-state index contributed by atoms with van der Waals surface area (Å²) in [5.74, 6) is 0.637. The third kappa shape index (κ3) is 4.62. The van der Waals surface area contributed by atoms with Crippen LogP contribution in [0.25, 0.3) is 0 Å². The Balaban J connectivity index is 1.21. The summed E-state index contributed by atoms with van der Waals surface area (Å²) in [5.41, 5.74) is 4.53. The molecule has 0 unspecified atom stereocenters. The molecular weight excluding hydrogens is 543 g/mol. The van der Waals surface area contributed by atoms with E-state index in [1.54, 1.807) is 48.3 Å². The molecule has 1 fully saturated rings. The van der Waals surface area contributed by atoms with Gasteiger partial charge in [0.2, 0.25) is 11.9 Å². The van der Waals surface area contributed by atoms with E-state index in [9.17, 15) is 9.59 Å². The zero-order valence-corrected chi connectivity index (χ0v) is 23.3. The van der Waals surface area contributed by atoms with E-state index in [1.807, 2.05) is 0 Å². The summed E-state index contributed by atoms with van der Waals surface area (Å²) in [6, 6.07) is 11.5. The van der Waals surface area contributed by atoms with Gasteiger partial charge in [0.15, 0.2) is 0 Å². The average Bonchev–Trinajstić information content (AvgIpc) is 3.64. The van der Waals surface area contributed by atoms with Gasteiger partial charge in [-0.2, -0.15) is 0 Å². The van der Waals surface area contributed by atoms with E-state index in [0.29, 0.717) is 44.7 Å². The number of halogens is 2. The van der Waals surface area contributed by atoms with E-state index in [2.05, 4.69) is 38.4 Å². The summed E-state index contributed by atoms with van der Waals surface area (Å²) in [6.07, 6.45) is 3.84. The molecule has 2 aromatic carbocycles. The predicted octanol–water partition coefficient (Wildman–Crippen LogP) is 5.17. The Morgan fingerprint density at radius 3 is 2.66 bits per heavy atom. The van der Waals surface area contributed by atoms with Crippen molar-refractivity contribution in [3.63, 3.8) is 0 Å². The first-order chi connectivity index (χ1) is 18.2. The molecule has 2 aliphatic heterocycles. The smallest absolute Gasteiger partial charge is 0.263 e. The number of carbonyl (C=O) groups excluding carboxylic acids is 2. The first-order valence-electron chi connectivity index (χ1n) is 12.3. The lowest BCUT2D eigenvalue weighted by atomic mass is 9.86. The van der Waals surface area contributed by atoms with Gasteiger partial charge in [0.1, 0.15) is 5.03 Å². The number of amides is 2. The molecule has 0 bridgehead atoms. The van der Waals surface area contributed by atoms with Crippen LogP contribution in [-0.2, 0) is 16.8 Å². The van der Waals surface area contributed by atoms with Crippen molar-refractivity contribution < 1.29 is 9.59 Å². The lowest BCUT2D eigenvalue weighted by Crippen LogP contribution is -2.43. The number of rotatable bonds is 5. The van der Waals surface area contributed by atoms with Gasteiger partial charge in [0.25, 0.3) is 5.91 Å². The van der Waals surface area contributed by atoms with Gasteiger partial charge in [-0.25, -0.2) is 9.97 Å². The number of hydrogen-bond donors (Lipinski definition) is 1. The first kappa shape index (κ1) is 25.4. The van der Waals surface area contributed by atoms with Gasteiger partial charge in [0.05, 0.1) is 33.7 Å². The van der Waals surface area contributed by atoms with Crippen LogP contribution in [0.4, 0.5) is 17.3 Å². The minimum Gasteiger partial charge on any atom is -0.348 e. The molecule has 3 heterocycles. The molecule has 3 aromatic rings. The summed E-state index contributed by atoms with van der Waals surface area (Å²) < 4.78 is 0. The van der Waals surface area contributed by atoms with Gasteiger partial charge in [-0.3, -0.25) is 19.4 Å². The van der Waals surface area contributed by atoms with Crippen LogP contribution in [0.2, 0.25) is 10.0 Å². The standard InChI is InChI=1S/C27H26Cl2N6O2S/c1-33(2)22(36)13-34-12-16-10-17(6-7-19(16)27(14-34)8-9-27)31-26-30-11-18-24(32-26)38-15-35(25(18)37)23-20(28)4-3-5-21(23)29/h3-7,10-11H,8-9,12-15H2,1-2H3,(H,30,31,32). The van der Waals surface area contributed by atoms with Crippen LogP contribution in [-0.4, -0.2) is 64.6 Å². The Hall–Kier alpha value is -2.85. The molecule has 1 aromatic heterocycles. The highest BCUT2D eigenvalue weighted by molar-refractivity contribution is 7.99. The number of thioether (sulfide) groups is 1. The predicted molar refractivity (Wildman–Crippen MR) is 151 cm³/mol. The summed E-state index contributed by atoms with van der Waals surface area (Å²) in [6.45, 7) is 2.06. The van der Waals surface area contributed by atoms with Crippen molar-refractivity contribution in [2.45, 2.75) is 29.8 Å². The number of carbonyl (C=O) groups is 2. The molecule has 38 heavy (non-hydrogen) atoms. The number of nitrogens with zero attached hydrogens (tertiary/aromatic N) is 5. The van der Waals surface area contributed by atoms with Crippen LogP contribution in [0.3, 0.4) is 0 Å². The van der Waals surface area contributed by atoms with E-state index < -0.39 is 0 Å². The zero-order valence-electron chi connectivity index (χ0n) is 21.0. The largest absolute Gasteiger partial charge is 0.348 e. The summed E-state index contributed by atoms with van der Waals surface area (Å²) in [5, 5.41) is 4.74. The Bertz CT molecular complexity index is 1440. The molecule has 2 amide bonds. The van der Waals surface area contributed by atoms with E-state index >= 15 is 0 Å². The molecular formula is C27H26Cl2N6O2S. The van der Waals surface area contributed by atoms with E-state index in [4.69, 9.17) is 23.2 Å². The average molecular weight is 570 g/mol. The second-order valence-electron chi connectivity index (χ2n) is 10.2. The van der Waals surface area contributed by atoms with Crippen LogP contribution in [0, 0.1) is 0 Å². The molecule has 8 nitrogen and oxygen atoms in total. The SMILES string of the molecule is CN(C)C(=O)CN1Cc2cc(Nc3ncc4c(n3)SCN(c3c(Cl)cccc3Cl)C4=O)ccc2C2(CC2)C1. The highest BCUT2D eigenvalue weighted by Crippen LogP contribution is 2.52. The second-order valence-corrected chi connectivity index (χ2v) is 11.9. The van der Waals surface area contributed by atoms with Gasteiger partial charge < -0.3 is 10.2 Å². The van der Waals surface area contributed by atoms with Crippen LogP contribution in [0.15, 0.2) is 47.6 Å². The molecule has 3 aliphatic rings. The van der Waals surface area contributed by atoms with Gasteiger partial charge in [-0.05, 0) is 48.2 Å². The number of fused-ring (bicyclic) bond motifs is 3. The third-order valence-corrected chi connectivity index (χ3v) is 8.91. The van der Waals surface area contributed by atoms with Gasteiger partial charge in [0, 0.05) is 44.5 Å². The van der Waals surface area contributed by atoms with Gasteiger partial charge >= 0.3 is 0 Å². The Kier molecular flexibility index (Phi) is 6.50. The monoisotopic (exact) mass is 568 g/mol. The Morgan fingerprint density at radius 1 is 1.18 bits per heavy atom. The number of hydrogen-bond acceptors (Lipinski definition) is 7. The fraction of sp³-hybridized carbons (Fsp3) is 0.333. The molecule has 1 spiro atoms. The van der Waals surface area contributed by atoms with Crippen molar-refractivity contribution >= 4 is 64.1 Å². The number of anilines is 3. The molecule has 0 radical (unpaired) electrons. The van der Waals surface area contributed by atoms with Crippen molar-refractivity contribution in [1.29, 1.82) is 0 Å². The molecule has 1 aliphatic carbocycles. The van der Waals surface area contributed by atoms with Crippen LogP contribution in [0.5, 0.6) is 0 Å². The van der Waals surface area contributed by atoms with Crippen molar-refractivity contribution in [3.05, 3.63) is 69.3 Å². The van der Waals surface area contributed by atoms with Crippen LogP contribution in [0.1, 0.15) is 34.3 Å². The maximum absolute atomic E-state index is 13.2. The number of para-hydroxylation sites is 1. The number of nitrogens with one attached hydrogen (secondary N) is 1. The van der Waals surface area contributed by atoms with E-state index in [-0.39, 0.29) is 17.2 Å². The normalized spacial score (nSPS) is 17.7. The fourth-order valence-corrected chi connectivity index (χ4v) is 6.75. The highest BCUT2D eigenvalue weighted by atomic mass is 35.5. The first-order valence-corrected chi connectivity index (χ1v) is 14.1. The van der Waals surface area contributed by atoms with Gasteiger partial charge in [-0.15, -0.1) is 0 Å². The van der Waals surface area contributed by atoms with Crippen LogP contribution < -0.4 is 10.2 Å². The van der Waals surface area contributed by atoms with Crippen molar-refractivity contribution in [1.82, 2.24) is 19.8 Å². The quantitative estimate of drug-likeness (QED) is 0.425. The minimum absolute atomic E-state index is 0.114. The van der Waals surface area contributed by atoms with Crippen LogP contribution >= 0.6 is 35.0 Å². The lowest BCUT2D eigenvalue weighted by molar-refractivity contribution is -0.130. The molecule has 1 N–H and O–H groups in total. The Labute approximate surface area is 235 Å². The topological polar surface area (TPSA) is 81.7 Å². The third-order valence-electron chi connectivity index (χ3n) is 7.33. The van der Waals surface area contributed by atoms with Gasteiger partial charge in [-0.1, -0.05) is 47.1 Å². The number of likely N-dealkylation sites (N-methyl/N-ethyl adjacent to an activating group) is 1. The molecule has 1 saturated carbocycles. The molecule has 11 heteroatoms. The highest BCUT2D eigenvalue weighted by Gasteiger charge is 2.49. The van der Waals surface area contributed by atoms with E-state index in [1.165, 1.54) is 22.9 Å². The summed E-state index contributed by atoms with van der Waals surface area (Å²) in [7, 11) is 3.59. The summed E-state index contributed by atoms with van der Waals surface area (Å²) >= 11 is 14.1. The Morgan fingerprint density at radius 2 is 1.95 bits per heavy atom. The zero-order chi connectivity index (χ0) is 26.6. The molecule has 196 valence electrons. The lowest BCUT2D eigenvalue weighted by Gasteiger charge is -2.35. The van der Waals surface area contributed by atoms with Crippen molar-refractivity contribution in [2.75, 3.05) is 43.3 Å². The number of aromatic nitrogens is 2. The summed E-state index contributed by atoms with van der Waals surface area (Å²) in [4.78, 5) is 40.1. The van der Waals surface area contributed by atoms with Crippen molar-refractivity contribution in [3.8, 4) is 0 Å². The molecule has 0 saturated heterocycles.